The van der Waals surface area contributed by atoms with Gasteiger partial charge in [0.2, 0.25) is 5.13 Å². The van der Waals surface area contributed by atoms with E-state index in [2.05, 4.69) is 10.2 Å². The number of nitrogens with zero attached hydrogens (tertiary/aromatic N) is 3. The Kier molecular flexibility index (Phi) is 7.08. The minimum absolute atomic E-state index is 0.173. The largest absolute Gasteiger partial charge is 0.464 e. The summed E-state index contributed by atoms with van der Waals surface area (Å²) in [4.78, 5) is 25.6. The number of unbranched alkanes of at least 4 members (excludes halogenated alkanes) is 1. The van der Waals surface area contributed by atoms with Crippen LogP contribution < -0.4 is 9.62 Å². The molecule has 0 bridgehead atoms. The number of hydrogen-bond donors (Lipinski definition) is 2. The molecule has 0 fully saturated rings. The molecule has 11 heteroatoms. The smallest absolute Gasteiger partial charge is 0.418 e. The van der Waals surface area contributed by atoms with E-state index < -0.39 is 16.1 Å². The normalized spacial score (nSPS) is 11.3. The number of amides is 2. The van der Waals surface area contributed by atoms with E-state index in [-0.39, 0.29) is 10.8 Å². The van der Waals surface area contributed by atoms with Crippen LogP contribution in [-0.4, -0.2) is 42.3 Å². The molecule has 0 unspecified atom stereocenters. The number of aromatic nitrogens is 2. The zero-order valence-corrected chi connectivity index (χ0v) is 20.3. The Labute approximate surface area is 206 Å². The minimum atomic E-state index is -4.17. The lowest BCUT2D eigenvalue weighted by Crippen LogP contribution is -2.31. The highest BCUT2D eigenvalue weighted by Crippen LogP contribution is 2.31. The maximum absolute atomic E-state index is 13.4. The zero-order valence-electron chi connectivity index (χ0n) is 18.7. The number of nitrogens with one attached hydrogen (secondary N) is 1. The second kappa shape index (κ2) is 10.2. The van der Waals surface area contributed by atoms with Crippen LogP contribution in [0.3, 0.4) is 0 Å². The SMILES string of the molecule is CCCCN(C(=O)c1ccc2ccccc2c1)c1nnc(-c2ccc(S(=O)(=O)NC(=O)O)cc2)s1. The van der Waals surface area contributed by atoms with E-state index in [4.69, 9.17) is 5.11 Å². The van der Waals surface area contributed by atoms with Crippen LogP contribution in [0, 0.1) is 0 Å². The molecule has 4 aromatic rings. The lowest BCUT2D eigenvalue weighted by Gasteiger charge is -2.19. The third kappa shape index (κ3) is 5.47. The summed E-state index contributed by atoms with van der Waals surface area (Å²) in [5.74, 6) is -0.173. The number of carboxylic acid groups (broad SMARTS) is 1. The second-order valence-electron chi connectivity index (χ2n) is 7.70. The highest BCUT2D eigenvalue weighted by molar-refractivity contribution is 7.90. The Hall–Kier alpha value is -3.83. The van der Waals surface area contributed by atoms with E-state index in [9.17, 15) is 18.0 Å². The molecule has 2 amide bonds. The molecule has 0 saturated heterocycles. The Morgan fingerprint density at radius 1 is 1.00 bits per heavy atom. The average molecular weight is 511 g/mol. The van der Waals surface area contributed by atoms with Gasteiger partial charge < -0.3 is 5.11 Å². The van der Waals surface area contributed by atoms with Crippen molar-refractivity contribution >= 4 is 49.3 Å². The van der Waals surface area contributed by atoms with E-state index in [0.717, 1.165) is 23.6 Å². The van der Waals surface area contributed by atoms with Gasteiger partial charge >= 0.3 is 6.09 Å². The van der Waals surface area contributed by atoms with Gasteiger partial charge in [0.25, 0.3) is 15.9 Å². The van der Waals surface area contributed by atoms with Crippen molar-refractivity contribution in [3.05, 3.63) is 72.3 Å². The number of sulfonamides is 1. The fourth-order valence-electron chi connectivity index (χ4n) is 3.47. The van der Waals surface area contributed by atoms with E-state index in [1.807, 2.05) is 43.3 Å². The van der Waals surface area contributed by atoms with Gasteiger partial charge in [-0.3, -0.25) is 9.69 Å². The molecule has 0 radical (unpaired) electrons. The Morgan fingerprint density at radius 2 is 1.71 bits per heavy atom. The van der Waals surface area contributed by atoms with Crippen LogP contribution in [0.1, 0.15) is 30.1 Å². The summed E-state index contributed by atoms with van der Waals surface area (Å²) >= 11 is 1.22. The molecule has 2 N–H and O–H groups in total. The number of anilines is 1. The molecule has 0 spiro atoms. The van der Waals surface area contributed by atoms with Gasteiger partial charge in [0.15, 0.2) is 0 Å². The van der Waals surface area contributed by atoms with E-state index in [1.165, 1.54) is 40.3 Å². The molecule has 35 heavy (non-hydrogen) atoms. The van der Waals surface area contributed by atoms with Crippen LogP contribution in [-0.2, 0) is 10.0 Å². The highest BCUT2D eigenvalue weighted by Gasteiger charge is 2.22. The van der Waals surface area contributed by atoms with Crippen LogP contribution >= 0.6 is 11.3 Å². The molecule has 9 nitrogen and oxygen atoms in total. The lowest BCUT2D eigenvalue weighted by molar-refractivity contribution is 0.0986. The standard InChI is InChI=1S/C24H22N4O5S2/c1-2-3-14-28(22(29)19-9-8-16-6-4-5-7-18(16)15-19)23-26-25-21(34-23)17-10-12-20(13-11-17)35(32,33)27-24(30)31/h4-13,15,27H,2-3,14H2,1H3,(H,30,31). The summed E-state index contributed by atoms with van der Waals surface area (Å²) in [5, 5.41) is 20.1. The second-order valence-corrected chi connectivity index (χ2v) is 10.3. The summed E-state index contributed by atoms with van der Waals surface area (Å²) in [6.07, 6.45) is 0.0243. The number of fused-ring (bicyclic) bond motifs is 1. The number of rotatable bonds is 8. The fourth-order valence-corrected chi connectivity index (χ4v) is 5.19. The van der Waals surface area contributed by atoms with Crippen LogP contribution in [0.15, 0.2) is 71.6 Å². The predicted octanol–water partition coefficient (Wildman–Crippen LogP) is 4.76. The molecular weight excluding hydrogens is 488 g/mol. The molecule has 0 atom stereocenters. The summed E-state index contributed by atoms with van der Waals surface area (Å²) in [5.41, 5.74) is 1.15. The number of benzene rings is 3. The number of hydrogen-bond acceptors (Lipinski definition) is 7. The van der Waals surface area contributed by atoms with E-state index in [0.29, 0.717) is 27.8 Å². The maximum atomic E-state index is 13.4. The molecule has 180 valence electrons. The van der Waals surface area contributed by atoms with Gasteiger partial charge in [0, 0.05) is 17.7 Å². The molecule has 1 heterocycles. The summed E-state index contributed by atoms with van der Waals surface area (Å²) in [6.45, 7) is 2.52. The van der Waals surface area contributed by atoms with E-state index in [1.54, 1.807) is 11.0 Å². The third-order valence-corrected chi connectivity index (χ3v) is 7.59. The number of carbonyl (C=O) groups is 2. The monoisotopic (exact) mass is 510 g/mol. The van der Waals surface area contributed by atoms with Gasteiger partial charge in [-0.2, -0.15) is 0 Å². The first-order valence-electron chi connectivity index (χ1n) is 10.8. The summed E-state index contributed by atoms with van der Waals surface area (Å²) in [6, 6.07) is 19.0. The molecule has 1 aromatic heterocycles. The molecular formula is C24H22N4O5S2. The van der Waals surface area contributed by atoms with Gasteiger partial charge in [-0.15, -0.1) is 10.2 Å². The van der Waals surface area contributed by atoms with Gasteiger partial charge in [-0.1, -0.05) is 67.1 Å². The van der Waals surface area contributed by atoms with Crippen molar-refractivity contribution in [3.63, 3.8) is 0 Å². The molecule has 4 rings (SSSR count). The molecule has 0 aliphatic carbocycles. The molecule has 0 aliphatic heterocycles. The molecule has 0 aliphatic rings. The van der Waals surface area contributed by atoms with Gasteiger partial charge in [0.1, 0.15) is 5.01 Å². The first kappa shape index (κ1) is 24.3. The average Bonchev–Trinajstić information content (AvgIpc) is 3.33. The van der Waals surface area contributed by atoms with Crippen molar-refractivity contribution in [2.24, 2.45) is 0 Å². The lowest BCUT2D eigenvalue weighted by atomic mass is 10.1. The van der Waals surface area contributed by atoms with Crippen LogP contribution in [0.2, 0.25) is 0 Å². The Balaban J connectivity index is 1.61. The van der Waals surface area contributed by atoms with Crippen molar-refractivity contribution in [2.75, 3.05) is 11.4 Å². The number of carbonyl (C=O) groups excluding carboxylic acids is 1. The first-order valence-corrected chi connectivity index (χ1v) is 13.1. The Bertz CT molecular complexity index is 1480. The third-order valence-electron chi connectivity index (χ3n) is 5.26. The van der Waals surface area contributed by atoms with Crippen LogP contribution in [0.25, 0.3) is 21.3 Å². The van der Waals surface area contributed by atoms with Gasteiger partial charge in [-0.05, 0) is 41.5 Å². The maximum Gasteiger partial charge on any atom is 0.418 e. The summed E-state index contributed by atoms with van der Waals surface area (Å²) in [7, 11) is -4.17. The predicted molar refractivity (Wildman–Crippen MR) is 134 cm³/mol. The first-order chi connectivity index (χ1) is 16.8. The van der Waals surface area contributed by atoms with Gasteiger partial charge in [-0.25, -0.2) is 17.9 Å². The van der Waals surface area contributed by atoms with Crippen molar-refractivity contribution < 1.29 is 23.1 Å². The zero-order chi connectivity index (χ0) is 25.0. The summed E-state index contributed by atoms with van der Waals surface area (Å²) < 4.78 is 25.5. The molecule has 0 saturated carbocycles. The van der Waals surface area contributed by atoms with Crippen molar-refractivity contribution in [1.29, 1.82) is 0 Å². The van der Waals surface area contributed by atoms with Crippen molar-refractivity contribution in [2.45, 2.75) is 24.7 Å². The van der Waals surface area contributed by atoms with Crippen LogP contribution in [0.5, 0.6) is 0 Å². The minimum Gasteiger partial charge on any atom is -0.464 e. The van der Waals surface area contributed by atoms with E-state index >= 15 is 0 Å². The quantitative estimate of drug-likeness (QED) is 0.349. The van der Waals surface area contributed by atoms with Crippen molar-refractivity contribution in [3.8, 4) is 10.6 Å². The van der Waals surface area contributed by atoms with Crippen LogP contribution in [0.4, 0.5) is 9.93 Å². The van der Waals surface area contributed by atoms with Crippen molar-refractivity contribution in [1.82, 2.24) is 14.9 Å². The topological polar surface area (TPSA) is 130 Å². The van der Waals surface area contributed by atoms with Gasteiger partial charge in [0.05, 0.1) is 4.90 Å². The Morgan fingerprint density at radius 3 is 2.40 bits per heavy atom. The fraction of sp³-hybridized carbons (Fsp3) is 0.167. The highest BCUT2D eigenvalue weighted by atomic mass is 32.2. The molecule has 3 aromatic carbocycles.